The number of pyridine rings is 1. The van der Waals surface area contributed by atoms with Gasteiger partial charge in [-0.1, -0.05) is 23.7 Å². The molecule has 0 bridgehead atoms. The highest BCUT2D eigenvalue weighted by Crippen LogP contribution is 2.27. The smallest absolute Gasteiger partial charge is 0.256 e. The number of halogens is 1. The summed E-state index contributed by atoms with van der Waals surface area (Å²) in [4.78, 5) is 19.3. The van der Waals surface area contributed by atoms with Gasteiger partial charge in [-0.25, -0.2) is 4.98 Å². The van der Waals surface area contributed by atoms with Crippen molar-refractivity contribution in [3.63, 3.8) is 0 Å². The first-order chi connectivity index (χ1) is 14.3. The summed E-state index contributed by atoms with van der Waals surface area (Å²) in [6, 6.07) is 8.98. The number of fused-ring (bicyclic) bond motifs is 1. The number of rotatable bonds is 5. The van der Waals surface area contributed by atoms with Crippen LogP contribution in [-0.4, -0.2) is 41.8 Å². The Labute approximate surface area is 178 Å². The molecule has 8 nitrogen and oxygen atoms in total. The van der Waals surface area contributed by atoms with Gasteiger partial charge in [-0.05, 0) is 39.0 Å². The number of carbonyl (C=O) groups excluding carboxylic acids is 1. The average molecular weight is 425 g/mol. The molecule has 0 radical (unpaired) electrons. The Hall–Kier alpha value is -3.26. The minimum atomic E-state index is -0.167. The van der Waals surface area contributed by atoms with Gasteiger partial charge in [0, 0.05) is 24.7 Å². The number of hydrogen-bond acceptors (Lipinski definition) is 6. The third-order valence-corrected chi connectivity index (χ3v) is 5.20. The van der Waals surface area contributed by atoms with Crippen LogP contribution in [0, 0.1) is 6.92 Å². The SMILES string of the molecule is Cc1nn(C)c2ncc(C(=O)N(Cc3nnc(-c4ccccc4Cl)o3)C(C)C)cc12. The number of nitrogens with zero attached hydrogens (tertiary/aromatic N) is 6. The maximum absolute atomic E-state index is 13.2. The van der Waals surface area contributed by atoms with Gasteiger partial charge >= 0.3 is 0 Å². The van der Waals surface area contributed by atoms with E-state index in [0.717, 1.165) is 16.7 Å². The summed E-state index contributed by atoms with van der Waals surface area (Å²) in [5, 5.41) is 13.9. The molecule has 0 aliphatic heterocycles. The van der Waals surface area contributed by atoms with Crippen LogP contribution in [0.15, 0.2) is 40.9 Å². The van der Waals surface area contributed by atoms with Crippen LogP contribution in [0.2, 0.25) is 5.02 Å². The lowest BCUT2D eigenvalue weighted by Crippen LogP contribution is -2.36. The Balaban J connectivity index is 1.61. The molecule has 4 aromatic rings. The second-order valence-electron chi connectivity index (χ2n) is 7.31. The maximum Gasteiger partial charge on any atom is 0.256 e. The molecule has 3 heterocycles. The Kier molecular flexibility index (Phi) is 5.26. The molecule has 154 valence electrons. The zero-order valence-electron chi connectivity index (χ0n) is 17.1. The largest absolute Gasteiger partial charge is 0.419 e. The molecule has 0 N–H and O–H groups in total. The van der Waals surface area contributed by atoms with Gasteiger partial charge in [-0.3, -0.25) is 9.48 Å². The molecular formula is C21H21ClN6O2. The van der Waals surface area contributed by atoms with Crippen LogP contribution < -0.4 is 0 Å². The van der Waals surface area contributed by atoms with Crippen molar-refractivity contribution in [3.05, 3.63) is 58.7 Å². The van der Waals surface area contributed by atoms with E-state index >= 15 is 0 Å². The van der Waals surface area contributed by atoms with Crippen molar-refractivity contribution in [3.8, 4) is 11.5 Å². The first-order valence-corrected chi connectivity index (χ1v) is 9.90. The Morgan fingerprint density at radius 3 is 2.77 bits per heavy atom. The Morgan fingerprint density at radius 1 is 1.27 bits per heavy atom. The highest BCUT2D eigenvalue weighted by molar-refractivity contribution is 6.33. The van der Waals surface area contributed by atoms with E-state index in [4.69, 9.17) is 16.0 Å². The molecule has 0 unspecified atom stereocenters. The van der Waals surface area contributed by atoms with Gasteiger partial charge in [0.15, 0.2) is 5.65 Å². The minimum Gasteiger partial charge on any atom is -0.419 e. The zero-order valence-corrected chi connectivity index (χ0v) is 17.9. The van der Waals surface area contributed by atoms with Gasteiger partial charge in [0.2, 0.25) is 11.8 Å². The third kappa shape index (κ3) is 3.66. The third-order valence-electron chi connectivity index (χ3n) is 4.87. The first-order valence-electron chi connectivity index (χ1n) is 9.52. The fraction of sp³-hybridized carbons (Fsp3) is 0.286. The topological polar surface area (TPSA) is 89.9 Å². The number of benzene rings is 1. The second kappa shape index (κ2) is 7.87. The zero-order chi connectivity index (χ0) is 21.4. The van der Waals surface area contributed by atoms with Gasteiger partial charge in [-0.2, -0.15) is 5.10 Å². The van der Waals surface area contributed by atoms with Gasteiger partial charge in [-0.15, -0.1) is 10.2 Å². The number of aromatic nitrogens is 5. The summed E-state index contributed by atoms with van der Waals surface area (Å²) in [5.41, 5.74) is 2.70. The molecule has 4 rings (SSSR count). The lowest BCUT2D eigenvalue weighted by Gasteiger charge is -2.25. The van der Waals surface area contributed by atoms with Crippen LogP contribution in [0.3, 0.4) is 0 Å². The molecule has 1 aromatic carbocycles. The fourth-order valence-electron chi connectivity index (χ4n) is 3.29. The highest BCUT2D eigenvalue weighted by atomic mass is 35.5. The summed E-state index contributed by atoms with van der Waals surface area (Å²) in [7, 11) is 1.83. The number of carbonyl (C=O) groups is 1. The standard InChI is InChI=1S/C21H21ClN6O2/c1-12(2)28(11-18-24-25-20(30-18)15-7-5-6-8-17(15)22)21(29)14-9-16-13(3)26-27(4)19(16)23-10-14/h5-10,12H,11H2,1-4H3. The van der Waals surface area contributed by atoms with Crippen LogP contribution in [0.1, 0.15) is 35.8 Å². The summed E-state index contributed by atoms with van der Waals surface area (Å²) in [6.07, 6.45) is 1.57. The van der Waals surface area contributed by atoms with Crippen LogP contribution in [0.5, 0.6) is 0 Å². The second-order valence-corrected chi connectivity index (χ2v) is 7.72. The van der Waals surface area contributed by atoms with Crippen molar-refractivity contribution in [2.75, 3.05) is 0 Å². The predicted molar refractivity (Wildman–Crippen MR) is 113 cm³/mol. The van der Waals surface area contributed by atoms with E-state index in [0.29, 0.717) is 27.9 Å². The molecule has 0 aliphatic carbocycles. The monoisotopic (exact) mass is 424 g/mol. The summed E-state index contributed by atoms with van der Waals surface area (Å²) >= 11 is 6.21. The van der Waals surface area contributed by atoms with Crippen molar-refractivity contribution in [2.24, 2.45) is 7.05 Å². The minimum absolute atomic E-state index is 0.0844. The molecule has 9 heteroatoms. The molecule has 0 atom stereocenters. The van der Waals surface area contributed by atoms with E-state index in [1.54, 1.807) is 21.8 Å². The number of aryl methyl sites for hydroxylation is 2. The molecule has 0 spiro atoms. The molecule has 0 aliphatic rings. The van der Waals surface area contributed by atoms with Crippen LogP contribution in [0.25, 0.3) is 22.5 Å². The van der Waals surface area contributed by atoms with Gasteiger partial charge in [0.05, 0.1) is 28.4 Å². The van der Waals surface area contributed by atoms with E-state index in [-0.39, 0.29) is 18.5 Å². The van der Waals surface area contributed by atoms with Crippen LogP contribution in [0.4, 0.5) is 0 Å². The van der Waals surface area contributed by atoms with Crippen molar-refractivity contribution in [2.45, 2.75) is 33.4 Å². The first kappa shape index (κ1) is 20.0. The van der Waals surface area contributed by atoms with Gasteiger partial charge in [0.25, 0.3) is 5.91 Å². The summed E-state index contributed by atoms with van der Waals surface area (Å²) < 4.78 is 7.48. The normalized spacial score (nSPS) is 11.4. The van der Waals surface area contributed by atoms with E-state index in [1.807, 2.05) is 52.1 Å². The summed E-state index contributed by atoms with van der Waals surface area (Å²) in [5.74, 6) is 0.486. The number of hydrogen-bond donors (Lipinski definition) is 0. The van der Waals surface area contributed by atoms with Crippen molar-refractivity contribution >= 4 is 28.5 Å². The van der Waals surface area contributed by atoms with E-state index in [9.17, 15) is 4.79 Å². The molecule has 1 amide bonds. The Bertz CT molecular complexity index is 1230. The van der Waals surface area contributed by atoms with Crippen molar-refractivity contribution in [1.82, 2.24) is 29.9 Å². The summed E-state index contributed by atoms with van der Waals surface area (Å²) in [6.45, 7) is 5.94. The van der Waals surface area contributed by atoms with E-state index in [1.165, 1.54) is 0 Å². The molecule has 0 saturated heterocycles. The van der Waals surface area contributed by atoms with Gasteiger partial charge < -0.3 is 9.32 Å². The highest BCUT2D eigenvalue weighted by Gasteiger charge is 2.23. The van der Waals surface area contributed by atoms with Gasteiger partial charge in [0.1, 0.15) is 0 Å². The lowest BCUT2D eigenvalue weighted by atomic mass is 10.1. The fourth-order valence-corrected chi connectivity index (χ4v) is 3.50. The Morgan fingerprint density at radius 2 is 2.03 bits per heavy atom. The molecule has 0 fully saturated rings. The number of amides is 1. The van der Waals surface area contributed by atoms with Crippen molar-refractivity contribution in [1.29, 1.82) is 0 Å². The predicted octanol–water partition coefficient (Wildman–Crippen LogP) is 4.03. The van der Waals surface area contributed by atoms with Crippen LogP contribution >= 0.6 is 11.6 Å². The van der Waals surface area contributed by atoms with E-state index < -0.39 is 0 Å². The lowest BCUT2D eigenvalue weighted by molar-refractivity contribution is 0.0672. The molecular weight excluding hydrogens is 404 g/mol. The van der Waals surface area contributed by atoms with E-state index in [2.05, 4.69) is 20.3 Å². The average Bonchev–Trinajstić information content (AvgIpc) is 3.30. The molecule has 3 aromatic heterocycles. The van der Waals surface area contributed by atoms with Crippen molar-refractivity contribution < 1.29 is 9.21 Å². The van der Waals surface area contributed by atoms with Crippen LogP contribution in [-0.2, 0) is 13.6 Å². The molecule has 0 saturated carbocycles. The quantitative estimate of drug-likeness (QED) is 0.480. The maximum atomic E-state index is 13.2. The molecule has 30 heavy (non-hydrogen) atoms.